The van der Waals surface area contributed by atoms with Crippen LogP contribution in [0.25, 0.3) is 0 Å². The zero-order valence-corrected chi connectivity index (χ0v) is 14.9. The fourth-order valence-electron chi connectivity index (χ4n) is 2.98. The fourth-order valence-corrected chi connectivity index (χ4v) is 2.98. The molecule has 0 bridgehead atoms. The first-order valence-electron chi connectivity index (χ1n) is 8.35. The lowest BCUT2D eigenvalue weighted by atomic mass is 9.90. The molecule has 0 radical (unpaired) electrons. The Labute approximate surface area is 136 Å². The van der Waals surface area contributed by atoms with Crippen LogP contribution >= 0.6 is 0 Å². The van der Waals surface area contributed by atoms with Crippen LogP contribution in [0.4, 0.5) is 0 Å². The maximum Gasteiger partial charge on any atom is 0.289 e. The molecule has 1 rings (SSSR count). The zero-order valence-electron chi connectivity index (χ0n) is 14.9. The van der Waals surface area contributed by atoms with Gasteiger partial charge in [-0.3, -0.25) is 0 Å². The van der Waals surface area contributed by atoms with E-state index in [1.54, 1.807) is 21.3 Å². The van der Waals surface area contributed by atoms with Crippen molar-refractivity contribution in [2.75, 3.05) is 21.3 Å². The second-order valence-corrected chi connectivity index (χ2v) is 5.88. The number of hydrogen-bond donors (Lipinski definition) is 0. The van der Waals surface area contributed by atoms with Gasteiger partial charge in [0.2, 0.25) is 0 Å². The first-order valence-corrected chi connectivity index (χ1v) is 8.35. The Morgan fingerprint density at radius 1 is 0.864 bits per heavy atom. The molecule has 0 spiro atoms. The topological polar surface area (TPSA) is 27.7 Å². The summed E-state index contributed by atoms with van der Waals surface area (Å²) in [5.74, 6) is -0.949. The average molecular weight is 308 g/mol. The van der Waals surface area contributed by atoms with Crippen LogP contribution in [-0.4, -0.2) is 27.3 Å². The molecule has 0 aliphatic carbocycles. The van der Waals surface area contributed by atoms with Gasteiger partial charge >= 0.3 is 0 Å². The maximum absolute atomic E-state index is 5.62. The summed E-state index contributed by atoms with van der Waals surface area (Å²) in [6.45, 7) is 4.33. The highest BCUT2D eigenvalue weighted by Crippen LogP contribution is 2.37. The summed E-state index contributed by atoms with van der Waals surface area (Å²) in [6.07, 6.45) is 7.23. The van der Waals surface area contributed by atoms with Crippen molar-refractivity contribution in [3.05, 3.63) is 35.4 Å². The lowest BCUT2D eigenvalue weighted by molar-refractivity contribution is -0.365. The quantitative estimate of drug-likeness (QED) is 0.424. The van der Waals surface area contributed by atoms with E-state index in [1.165, 1.54) is 36.8 Å². The summed E-state index contributed by atoms with van der Waals surface area (Å²) in [7, 11) is 4.93. The molecule has 0 saturated heterocycles. The Morgan fingerprint density at radius 2 is 1.41 bits per heavy atom. The molecular formula is C19H32O3. The summed E-state index contributed by atoms with van der Waals surface area (Å²) in [4.78, 5) is 0. The Balaban J connectivity index is 2.87. The summed E-state index contributed by atoms with van der Waals surface area (Å²) < 4.78 is 16.9. The van der Waals surface area contributed by atoms with Crippen molar-refractivity contribution in [2.24, 2.45) is 0 Å². The van der Waals surface area contributed by atoms with Crippen molar-refractivity contribution < 1.29 is 14.2 Å². The first-order chi connectivity index (χ1) is 10.6. The summed E-state index contributed by atoms with van der Waals surface area (Å²) in [6, 6.07) is 8.56. The number of methoxy groups -OCH3 is 3. The van der Waals surface area contributed by atoms with Crippen LogP contribution in [0.1, 0.15) is 62.5 Å². The van der Waals surface area contributed by atoms with Gasteiger partial charge in [-0.15, -0.1) is 0 Å². The lowest BCUT2D eigenvalue weighted by Gasteiger charge is -2.36. The average Bonchev–Trinajstić information content (AvgIpc) is 2.55. The molecule has 0 saturated carbocycles. The van der Waals surface area contributed by atoms with Crippen molar-refractivity contribution in [1.29, 1.82) is 0 Å². The minimum absolute atomic E-state index is 0.0646. The molecule has 1 aromatic carbocycles. The third-order valence-corrected chi connectivity index (χ3v) is 4.36. The molecule has 0 aliphatic rings. The monoisotopic (exact) mass is 308 g/mol. The molecule has 0 heterocycles. The molecule has 0 amide bonds. The Hall–Kier alpha value is -0.900. The Kier molecular flexibility index (Phi) is 8.69. The highest BCUT2D eigenvalue weighted by Gasteiger charge is 2.40. The highest BCUT2D eigenvalue weighted by atomic mass is 16.9. The highest BCUT2D eigenvalue weighted by molar-refractivity contribution is 5.25. The van der Waals surface area contributed by atoms with Crippen LogP contribution in [0.5, 0.6) is 0 Å². The molecule has 1 unspecified atom stereocenters. The number of hydrogen-bond acceptors (Lipinski definition) is 3. The predicted molar refractivity (Wildman–Crippen MR) is 91.1 cm³/mol. The second kappa shape index (κ2) is 9.98. The minimum Gasteiger partial charge on any atom is -0.330 e. The fraction of sp³-hybridized carbons (Fsp3) is 0.684. The van der Waals surface area contributed by atoms with Crippen molar-refractivity contribution in [1.82, 2.24) is 0 Å². The van der Waals surface area contributed by atoms with E-state index in [0.29, 0.717) is 0 Å². The molecule has 126 valence electrons. The second-order valence-electron chi connectivity index (χ2n) is 5.88. The van der Waals surface area contributed by atoms with Crippen LogP contribution in [0.15, 0.2) is 24.3 Å². The van der Waals surface area contributed by atoms with Crippen LogP contribution < -0.4 is 0 Å². The van der Waals surface area contributed by atoms with Gasteiger partial charge in [0.15, 0.2) is 0 Å². The Bertz CT molecular complexity index is 387. The number of aryl methyl sites for hydroxylation is 1. The number of rotatable bonds is 11. The van der Waals surface area contributed by atoms with Crippen LogP contribution in [0.3, 0.4) is 0 Å². The smallest absolute Gasteiger partial charge is 0.289 e. The van der Waals surface area contributed by atoms with Crippen molar-refractivity contribution in [3.8, 4) is 0 Å². The van der Waals surface area contributed by atoms with Gasteiger partial charge in [0.25, 0.3) is 5.97 Å². The van der Waals surface area contributed by atoms with Crippen LogP contribution in [0, 0.1) is 6.92 Å². The van der Waals surface area contributed by atoms with Gasteiger partial charge in [-0.05, 0) is 18.9 Å². The van der Waals surface area contributed by atoms with E-state index in [-0.39, 0.29) is 5.92 Å². The predicted octanol–water partition coefficient (Wildman–Crippen LogP) is 5.03. The van der Waals surface area contributed by atoms with Crippen LogP contribution in [-0.2, 0) is 14.2 Å². The largest absolute Gasteiger partial charge is 0.330 e. The van der Waals surface area contributed by atoms with Gasteiger partial charge < -0.3 is 14.2 Å². The van der Waals surface area contributed by atoms with Gasteiger partial charge in [0.1, 0.15) is 0 Å². The SMILES string of the molecule is CCCCCCCC(c1ccc(C)cc1)C(OC)(OC)OC. The van der Waals surface area contributed by atoms with E-state index < -0.39 is 5.97 Å². The molecule has 3 nitrogen and oxygen atoms in total. The van der Waals surface area contributed by atoms with Gasteiger partial charge in [-0.2, -0.15) is 0 Å². The zero-order chi connectivity index (χ0) is 16.4. The van der Waals surface area contributed by atoms with Gasteiger partial charge in [0, 0.05) is 21.3 Å². The number of unbranched alkanes of at least 4 members (excludes halogenated alkanes) is 4. The molecule has 22 heavy (non-hydrogen) atoms. The van der Waals surface area contributed by atoms with E-state index in [9.17, 15) is 0 Å². The Morgan fingerprint density at radius 3 is 1.91 bits per heavy atom. The molecule has 3 heteroatoms. The summed E-state index contributed by atoms with van der Waals surface area (Å²) >= 11 is 0. The normalized spacial score (nSPS) is 13.3. The molecule has 1 atom stereocenters. The van der Waals surface area contributed by atoms with E-state index in [4.69, 9.17) is 14.2 Å². The molecule has 0 fully saturated rings. The standard InChI is InChI=1S/C19H32O3/c1-6-7-8-9-10-11-18(19(20-3,21-4)22-5)17-14-12-16(2)13-15-17/h12-15,18H,6-11H2,1-5H3. The van der Waals surface area contributed by atoms with E-state index in [2.05, 4.69) is 38.1 Å². The van der Waals surface area contributed by atoms with E-state index in [1.807, 2.05) is 0 Å². The molecule has 0 aliphatic heterocycles. The van der Waals surface area contributed by atoms with Crippen molar-refractivity contribution >= 4 is 0 Å². The summed E-state index contributed by atoms with van der Waals surface area (Å²) in [5, 5.41) is 0. The van der Waals surface area contributed by atoms with Gasteiger partial charge in [-0.25, -0.2) is 0 Å². The minimum atomic E-state index is -1.01. The number of benzene rings is 1. The first kappa shape index (κ1) is 19.1. The maximum atomic E-state index is 5.62. The molecule has 0 N–H and O–H groups in total. The van der Waals surface area contributed by atoms with Crippen LogP contribution in [0.2, 0.25) is 0 Å². The third kappa shape index (κ3) is 5.08. The number of ether oxygens (including phenoxy) is 3. The van der Waals surface area contributed by atoms with Gasteiger partial charge in [-0.1, -0.05) is 68.9 Å². The van der Waals surface area contributed by atoms with Crippen molar-refractivity contribution in [2.45, 2.75) is 64.3 Å². The third-order valence-electron chi connectivity index (χ3n) is 4.36. The van der Waals surface area contributed by atoms with E-state index >= 15 is 0 Å². The molecule has 0 aromatic heterocycles. The lowest BCUT2D eigenvalue weighted by Crippen LogP contribution is -2.42. The van der Waals surface area contributed by atoms with Crippen molar-refractivity contribution in [3.63, 3.8) is 0 Å². The van der Waals surface area contributed by atoms with E-state index in [0.717, 1.165) is 12.8 Å². The van der Waals surface area contributed by atoms with Gasteiger partial charge in [0.05, 0.1) is 5.92 Å². The summed E-state index contributed by atoms with van der Waals surface area (Å²) in [5.41, 5.74) is 2.45. The molecule has 1 aromatic rings. The molecular weight excluding hydrogens is 276 g/mol.